The molecule has 1 aliphatic rings. The molecule has 1 saturated heterocycles. The quantitative estimate of drug-likeness (QED) is 0.911. The molecule has 0 saturated carbocycles. The maximum atomic E-state index is 3.50. The summed E-state index contributed by atoms with van der Waals surface area (Å²) < 4.78 is 2.38. The molecule has 21 heavy (non-hydrogen) atoms. The lowest BCUT2D eigenvalue weighted by Crippen LogP contribution is -2.37. The second kappa shape index (κ2) is 6.20. The molecule has 1 aromatic heterocycles. The Morgan fingerprint density at radius 3 is 2.81 bits per heavy atom. The first-order chi connectivity index (χ1) is 10.2. The Balaban J connectivity index is 1.91. The van der Waals surface area contributed by atoms with Gasteiger partial charge < -0.3 is 9.88 Å². The summed E-state index contributed by atoms with van der Waals surface area (Å²) in [5, 5.41) is 4.90. The first kappa shape index (κ1) is 14.6. The Morgan fingerprint density at radius 1 is 1.33 bits per heavy atom. The van der Waals surface area contributed by atoms with Gasteiger partial charge >= 0.3 is 0 Å². The summed E-state index contributed by atoms with van der Waals surface area (Å²) >= 11 is 0. The van der Waals surface area contributed by atoms with Gasteiger partial charge in [0.25, 0.3) is 0 Å². The van der Waals surface area contributed by atoms with Crippen molar-refractivity contribution in [3.63, 3.8) is 0 Å². The van der Waals surface area contributed by atoms with Crippen LogP contribution in [0.3, 0.4) is 0 Å². The van der Waals surface area contributed by atoms with E-state index in [1.807, 2.05) is 0 Å². The third-order valence-corrected chi connectivity index (χ3v) is 4.92. The van der Waals surface area contributed by atoms with Crippen molar-refractivity contribution >= 4 is 10.9 Å². The lowest BCUT2D eigenvalue weighted by molar-refractivity contribution is 0.195. The molecular formula is C18H27N3. The molecule has 0 radical (unpaired) electrons. The molecular weight excluding hydrogens is 258 g/mol. The maximum Gasteiger partial charge on any atom is 0.0483 e. The van der Waals surface area contributed by atoms with Gasteiger partial charge in [-0.2, -0.15) is 0 Å². The van der Waals surface area contributed by atoms with E-state index in [1.54, 1.807) is 0 Å². The first-order valence-electron chi connectivity index (χ1n) is 8.20. The number of rotatable bonds is 5. The minimum absolute atomic E-state index is 0.697. The summed E-state index contributed by atoms with van der Waals surface area (Å²) in [7, 11) is 2.21. The fourth-order valence-electron chi connectivity index (χ4n) is 3.68. The number of fused-ring (bicyclic) bond motifs is 1. The SMILES string of the molecule is CCCN(Cc1c(C)c2ccccc2n1C)C1CCNC1. The van der Waals surface area contributed by atoms with E-state index in [9.17, 15) is 0 Å². The normalized spacial score (nSPS) is 19.0. The fourth-order valence-corrected chi connectivity index (χ4v) is 3.68. The highest BCUT2D eigenvalue weighted by Gasteiger charge is 2.23. The molecule has 2 heterocycles. The van der Waals surface area contributed by atoms with E-state index in [4.69, 9.17) is 0 Å². The standard InChI is InChI=1S/C18H27N3/c1-4-11-21(15-9-10-19-12-15)13-18-14(2)16-7-5-6-8-17(16)20(18)3/h5-8,15,19H,4,9-13H2,1-3H3. The Morgan fingerprint density at radius 2 is 2.14 bits per heavy atom. The maximum absolute atomic E-state index is 3.50. The molecule has 3 rings (SSSR count). The van der Waals surface area contributed by atoms with Gasteiger partial charge in [-0.15, -0.1) is 0 Å². The molecule has 1 unspecified atom stereocenters. The minimum Gasteiger partial charge on any atom is -0.346 e. The van der Waals surface area contributed by atoms with E-state index in [0.717, 1.165) is 13.1 Å². The van der Waals surface area contributed by atoms with Gasteiger partial charge in [-0.05, 0) is 44.5 Å². The molecule has 3 nitrogen and oxygen atoms in total. The summed E-state index contributed by atoms with van der Waals surface area (Å²) in [5.74, 6) is 0. The third kappa shape index (κ3) is 2.72. The molecule has 1 fully saturated rings. The van der Waals surface area contributed by atoms with E-state index >= 15 is 0 Å². The third-order valence-electron chi connectivity index (χ3n) is 4.92. The molecule has 114 valence electrons. The van der Waals surface area contributed by atoms with Gasteiger partial charge in [-0.25, -0.2) is 0 Å². The molecule has 3 heteroatoms. The van der Waals surface area contributed by atoms with Crippen molar-refractivity contribution in [3.05, 3.63) is 35.5 Å². The molecule has 1 atom stereocenters. The van der Waals surface area contributed by atoms with Crippen molar-refractivity contribution in [1.29, 1.82) is 0 Å². The number of benzene rings is 1. The van der Waals surface area contributed by atoms with E-state index in [1.165, 1.54) is 48.1 Å². The minimum atomic E-state index is 0.697. The second-order valence-corrected chi connectivity index (χ2v) is 6.26. The van der Waals surface area contributed by atoms with Crippen LogP contribution in [0, 0.1) is 6.92 Å². The van der Waals surface area contributed by atoms with Crippen LogP contribution in [0.25, 0.3) is 10.9 Å². The van der Waals surface area contributed by atoms with Crippen molar-refractivity contribution in [3.8, 4) is 0 Å². The molecule has 1 aliphatic heterocycles. The van der Waals surface area contributed by atoms with E-state index in [0.29, 0.717) is 6.04 Å². The number of nitrogens with one attached hydrogen (secondary N) is 1. The van der Waals surface area contributed by atoms with Gasteiger partial charge in [0.05, 0.1) is 0 Å². The molecule has 0 aliphatic carbocycles. The van der Waals surface area contributed by atoms with E-state index < -0.39 is 0 Å². The zero-order chi connectivity index (χ0) is 14.8. The van der Waals surface area contributed by atoms with Crippen LogP contribution < -0.4 is 5.32 Å². The fraction of sp³-hybridized carbons (Fsp3) is 0.556. The van der Waals surface area contributed by atoms with Crippen LogP contribution in [0.15, 0.2) is 24.3 Å². The summed E-state index contributed by atoms with van der Waals surface area (Å²) in [5.41, 5.74) is 4.27. The topological polar surface area (TPSA) is 20.2 Å². The zero-order valence-electron chi connectivity index (χ0n) is 13.5. The number of nitrogens with zero attached hydrogens (tertiary/aromatic N) is 2. The van der Waals surface area contributed by atoms with Crippen molar-refractivity contribution < 1.29 is 0 Å². The number of hydrogen-bond acceptors (Lipinski definition) is 2. The predicted octanol–water partition coefficient (Wildman–Crippen LogP) is 3.06. The smallest absolute Gasteiger partial charge is 0.0483 e. The van der Waals surface area contributed by atoms with Crippen LogP contribution >= 0.6 is 0 Å². The van der Waals surface area contributed by atoms with Crippen molar-refractivity contribution in [1.82, 2.24) is 14.8 Å². The highest BCUT2D eigenvalue weighted by Crippen LogP contribution is 2.26. The Hall–Kier alpha value is -1.32. The van der Waals surface area contributed by atoms with Crippen molar-refractivity contribution in [2.75, 3.05) is 19.6 Å². The average Bonchev–Trinajstić information content (AvgIpc) is 3.11. The number of hydrogen-bond donors (Lipinski definition) is 1. The van der Waals surface area contributed by atoms with Crippen LogP contribution in [0.4, 0.5) is 0 Å². The number of aryl methyl sites for hydroxylation is 2. The van der Waals surface area contributed by atoms with Gasteiger partial charge in [0.2, 0.25) is 0 Å². The van der Waals surface area contributed by atoms with Crippen LogP contribution in [0.1, 0.15) is 31.0 Å². The second-order valence-electron chi connectivity index (χ2n) is 6.26. The average molecular weight is 285 g/mol. The van der Waals surface area contributed by atoms with Crippen LogP contribution in [0.2, 0.25) is 0 Å². The van der Waals surface area contributed by atoms with Crippen LogP contribution in [-0.4, -0.2) is 35.1 Å². The van der Waals surface area contributed by atoms with Crippen molar-refractivity contribution in [2.45, 2.75) is 39.3 Å². The van der Waals surface area contributed by atoms with Gasteiger partial charge in [-0.1, -0.05) is 25.1 Å². The Bertz CT molecular complexity index is 569. The Labute approximate surface area is 127 Å². The van der Waals surface area contributed by atoms with Gasteiger partial charge in [-0.3, -0.25) is 4.90 Å². The number of aromatic nitrogens is 1. The van der Waals surface area contributed by atoms with Gasteiger partial charge in [0.15, 0.2) is 0 Å². The van der Waals surface area contributed by atoms with Crippen LogP contribution in [-0.2, 0) is 13.6 Å². The van der Waals surface area contributed by atoms with Gasteiger partial charge in [0, 0.05) is 42.8 Å². The molecule has 0 spiro atoms. The van der Waals surface area contributed by atoms with Gasteiger partial charge in [0.1, 0.15) is 0 Å². The summed E-state index contributed by atoms with van der Waals surface area (Å²) in [6, 6.07) is 9.45. The molecule has 0 amide bonds. The lowest BCUT2D eigenvalue weighted by Gasteiger charge is -2.28. The lowest BCUT2D eigenvalue weighted by atomic mass is 10.1. The highest BCUT2D eigenvalue weighted by molar-refractivity contribution is 5.85. The highest BCUT2D eigenvalue weighted by atomic mass is 15.2. The Kier molecular flexibility index (Phi) is 4.32. The molecule has 2 aromatic rings. The summed E-state index contributed by atoms with van der Waals surface area (Å²) in [6.45, 7) is 9.12. The van der Waals surface area contributed by atoms with Crippen LogP contribution in [0.5, 0.6) is 0 Å². The monoisotopic (exact) mass is 285 g/mol. The van der Waals surface area contributed by atoms with E-state index in [2.05, 4.69) is 59.9 Å². The largest absolute Gasteiger partial charge is 0.346 e. The number of para-hydroxylation sites is 1. The molecule has 1 aromatic carbocycles. The van der Waals surface area contributed by atoms with Crippen molar-refractivity contribution in [2.24, 2.45) is 7.05 Å². The first-order valence-corrected chi connectivity index (χ1v) is 8.20. The summed E-state index contributed by atoms with van der Waals surface area (Å²) in [6.07, 6.45) is 2.50. The zero-order valence-corrected chi connectivity index (χ0v) is 13.5. The van der Waals surface area contributed by atoms with E-state index in [-0.39, 0.29) is 0 Å². The predicted molar refractivity (Wildman–Crippen MR) is 89.6 cm³/mol. The summed E-state index contributed by atoms with van der Waals surface area (Å²) in [4.78, 5) is 2.67. The molecule has 0 bridgehead atoms. The molecule has 1 N–H and O–H groups in total.